The molecule has 0 amide bonds. The summed E-state index contributed by atoms with van der Waals surface area (Å²) in [6, 6.07) is 11.8. The Kier molecular flexibility index (Phi) is 5.77. The first-order valence-electron chi connectivity index (χ1n) is 7.20. The molecule has 0 bridgehead atoms. The monoisotopic (exact) mass is 339 g/mol. The van der Waals surface area contributed by atoms with Crippen molar-refractivity contribution in [1.29, 1.82) is 0 Å². The topological polar surface area (TPSA) is 78.8 Å². The minimum atomic E-state index is -4.46. The summed E-state index contributed by atoms with van der Waals surface area (Å²) in [6.45, 7) is 2.57. The fourth-order valence-electron chi connectivity index (χ4n) is 2.03. The number of hydrogen-bond acceptors (Lipinski definition) is 3. The third-order valence-corrected chi connectivity index (χ3v) is 4.25. The molecule has 0 aromatic heterocycles. The Morgan fingerprint density at radius 1 is 1.13 bits per heavy atom. The number of anilines is 1. The van der Waals surface area contributed by atoms with Gasteiger partial charge in [-0.05, 0) is 48.4 Å². The number of hydrogen-bond donors (Lipinski definition) is 3. The van der Waals surface area contributed by atoms with E-state index in [9.17, 15) is 18.7 Å². The van der Waals surface area contributed by atoms with Crippen LogP contribution in [0.5, 0.6) is 5.75 Å². The van der Waals surface area contributed by atoms with Crippen LogP contribution in [0, 0.1) is 5.82 Å². The van der Waals surface area contributed by atoms with Gasteiger partial charge in [0.15, 0.2) is 5.78 Å². The average Bonchev–Trinajstić information content (AvgIpc) is 2.52. The molecule has 2 aromatic carbocycles. The van der Waals surface area contributed by atoms with Gasteiger partial charge >= 0.3 is 7.60 Å². The summed E-state index contributed by atoms with van der Waals surface area (Å²) in [7, 11) is -4.46. The highest BCUT2D eigenvalue weighted by Crippen LogP contribution is 2.51. The zero-order chi connectivity index (χ0) is 16.9. The second-order valence-corrected chi connectivity index (χ2v) is 6.75. The van der Waals surface area contributed by atoms with Crippen molar-refractivity contribution in [2.75, 3.05) is 11.9 Å². The third-order valence-electron chi connectivity index (χ3n) is 3.15. The molecule has 0 saturated carbocycles. The highest BCUT2D eigenvalue weighted by atomic mass is 31.2. The van der Waals surface area contributed by atoms with Crippen LogP contribution in [0.3, 0.4) is 0 Å². The normalized spacial score (nSPS) is 12.7. The second-order valence-electron chi connectivity index (χ2n) is 5.06. The third kappa shape index (κ3) is 5.06. The lowest BCUT2D eigenvalue weighted by atomic mass is 10.2. The molecule has 23 heavy (non-hydrogen) atoms. The second kappa shape index (κ2) is 7.59. The maximum Gasteiger partial charge on any atom is 0.352 e. The molecule has 124 valence electrons. The van der Waals surface area contributed by atoms with Crippen LogP contribution in [0.1, 0.15) is 24.7 Å². The fraction of sp³-hybridized carbons (Fsp3) is 0.250. The predicted octanol–water partition coefficient (Wildman–Crippen LogP) is 3.90. The van der Waals surface area contributed by atoms with Crippen LogP contribution in [0.4, 0.5) is 10.1 Å². The van der Waals surface area contributed by atoms with E-state index in [1.807, 2.05) is 6.92 Å². The van der Waals surface area contributed by atoms with Gasteiger partial charge in [-0.1, -0.05) is 19.1 Å². The molecular formula is C16H19FNO4P. The average molecular weight is 339 g/mol. The Labute approximate surface area is 134 Å². The van der Waals surface area contributed by atoms with Crippen LogP contribution in [0.25, 0.3) is 0 Å². The number of ether oxygens (including phenoxy) is 1. The lowest BCUT2D eigenvalue weighted by molar-refractivity contribution is 0.317. The summed E-state index contributed by atoms with van der Waals surface area (Å²) in [4.78, 5) is 19.2. The van der Waals surface area contributed by atoms with Crippen molar-refractivity contribution in [1.82, 2.24) is 0 Å². The zero-order valence-corrected chi connectivity index (χ0v) is 13.5. The summed E-state index contributed by atoms with van der Waals surface area (Å²) in [6.07, 6.45) is 0.874. The van der Waals surface area contributed by atoms with E-state index in [2.05, 4.69) is 5.32 Å². The van der Waals surface area contributed by atoms with Crippen LogP contribution in [0.2, 0.25) is 0 Å². The van der Waals surface area contributed by atoms with Crippen molar-refractivity contribution in [3.8, 4) is 5.75 Å². The molecule has 0 fully saturated rings. The molecule has 0 spiro atoms. The van der Waals surface area contributed by atoms with E-state index >= 15 is 0 Å². The smallest absolute Gasteiger partial charge is 0.352 e. The standard InChI is InChI=1S/C16H19FNO4P/c1-2-11-22-15-9-3-12(4-10-15)16(23(19,20)21)18-14-7-5-13(17)6-8-14/h3-10,16,18H,2,11H2,1H3,(H2,19,20,21)/t16-/m0/s1. The molecule has 2 rings (SSSR count). The van der Waals surface area contributed by atoms with Gasteiger partial charge in [0.05, 0.1) is 6.61 Å². The van der Waals surface area contributed by atoms with Gasteiger partial charge in [0.25, 0.3) is 0 Å². The molecule has 0 aliphatic heterocycles. The van der Waals surface area contributed by atoms with Crippen molar-refractivity contribution in [3.63, 3.8) is 0 Å². The number of halogens is 1. The highest BCUT2D eigenvalue weighted by Gasteiger charge is 2.30. The van der Waals surface area contributed by atoms with Crippen LogP contribution in [-0.2, 0) is 4.57 Å². The first-order valence-corrected chi connectivity index (χ1v) is 8.88. The Hall–Kier alpha value is -1.88. The molecule has 0 aliphatic carbocycles. The number of benzene rings is 2. The molecule has 3 N–H and O–H groups in total. The van der Waals surface area contributed by atoms with E-state index < -0.39 is 19.2 Å². The van der Waals surface area contributed by atoms with Gasteiger partial charge in [-0.3, -0.25) is 4.57 Å². The van der Waals surface area contributed by atoms with E-state index in [4.69, 9.17) is 4.74 Å². The molecule has 7 heteroatoms. The van der Waals surface area contributed by atoms with Crippen LogP contribution >= 0.6 is 7.60 Å². The maximum absolute atomic E-state index is 12.9. The van der Waals surface area contributed by atoms with E-state index in [1.54, 1.807) is 24.3 Å². The van der Waals surface area contributed by atoms with E-state index in [-0.39, 0.29) is 0 Å². The van der Waals surface area contributed by atoms with Gasteiger partial charge in [-0.25, -0.2) is 4.39 Å². The summed E-state index contributed by atoms with van der Waals surface area (Å²) < 4.78 is 30.2. The van der Waals surface area contributed by atoms with Crippen molar-refractivity contribution < 1.29 is 23.5 Å². The summed E-state index contributed by atoms with van der Waals surface area (Å²) in [5, 5.41) is 2.75. The number of rotatable bonds is 7. The Morgan fingerprint density at radius 2 is 1.74 bits per heavy atom. The van der Waals surface area contributed by atoms with Crippen LogP contribution in [0.15, 0.2) is 48.5 Å². The quantitative estimate of drug-likeness (QED) is 0.667. The fourth-order valence-corrected chi connectivity index (χ4v) is 2.91. The highest BCUT2D eigenvalue weighted by molar-refractivity contribution is 7.52. The van der Waals surface area contributed by atoms with Crippen molar-refractivity contribution >= 4 is 13.3 Å². The summed E-state index contributed by atoms with van der Waals surface area (Å²) >= 11 is 0. The largest absolute Gasteiger partial charge is 0.494 e. The van der Waals surface area contributed by atoms with Gasteiger partial charge in [0, 0.05) is 5.69 Å². The molecule has 0 heterocycles. The molecule has 0 unspecified atom stereocenters. The number of nitrogens with one attached hydrogen (secondary N) is 1. The predicted molar refractivity (Wildman–Crippen MR) is 87.0 cm³/mol. The zero-order valence-electron chi connectivity index (χ0n) is 12.6. The molecule has 1 atom stereocenters. The molecule has 0 radical (unpaired) electrons. The van der Waals surface area contributed by atoms with Gasteiger partial charge < -0.3 is 19.8 Å². The Morgan fingerprint density at radius 3 is 2.26 bits per heavy atom. The SMILES string of the molecule is CCCOc1ccc([C@@H](Nc2ccc(F)cc2)P(=O)(O)O)cc1. The van der Waals surface area contributed by atoms with Crippen molar-refractivity contribution in [2.24, 2.45) is 0 Å². The first-order chi connectivity index (χ1) is 10.9. The lowest BCUT2D eigenvalue weighted by Gasteiger charge is -2.21. The molecule has 0 saturated heterocycles. The minimum Gasteiger partial charge on any atom is -0.494 e. The molecule has 2 aromatic rings. The van der Waals surface area contributed by atoms with Gasteiger partial charge in [-0.2, -0.15) is 0 Å². The minimum absolute atomic E-state index is 0.416. The van der Waals surface area contributed by atoms with E-state index in [1.165, 1.54) is 24.3 Å². The van der Waals surface area contributed by atoms with E-state index in [0.717, 1.165) is 6.42 Å². The van der Waals surface area contributed by atoms with Crippen molar-refractivity contribution in [2.45, 2.75) is 19.1 Å². The Bertz CT molecular complexity index is 669. The lowest BCUT2D eigenvalue weighted by Crippen LogP contribution is -2.11. The molecule has 0 aliphatic rings. The van der Waals surface area contributed by atoms with Crippen LogP contribution < -0.4 is 10.1 Å². The van der Waals surface area contributed by atoms with Crippen molar-refractivity contribution in [3.05, 3.63) is 59.9 Å². The first kappa shape index (κ1) is 17.5. The van der Waals surface area contributed by atoms with E-state index in [0.29, 0.717) is 23.6 Å². The molecular weight excluding hydrogens is 320 g/mol. The van der Waals surface area contributed by atoms with Gasteiger partial charge in [-0.15, -0.1) is 0 Å². The molecule has 5 nitrogen and oxygen atoms in total. The Balaban J connectivity index is 2.21. The van der Waals surface area contributed by atoms with Gasteiger partial charge in [0.1, 0.15) is 11.6 Å². The van der Waals surface area contributed by atoms with Gasteiger partial charge in [0.2, 0.25) is 0 Å². The summed E-state index contributed by atoms with van der Waals surface area (Å²) in [5.41, 5.74) is 0.845. The maximum atomic E-state index is 12.9. The van der Waals surface area contributed by atoms with Crippen LogP contribution in [-0.4, -0.2) is 16.4 Å². The summed E-state index contributed by atoms with van der Waals surface area (Å²) in [5.74, 6) is -0.990.